The number of aromatic nitrogens is 1. The Bertz CT molecular complexity index is 429. The Kier molecular flexibility index (Phi) is 2.78. The smallest absolute Gasteiger partial charge is 0.348 e. The zero-order chi connectivity index (χ0) is 12.6. The number of carbonyl (C=O) groups excluding carboxylic acids is 1. The van der Waals surface area contributed by atoms with Gasteiger partial charge in [-0.25, -0.2) is 0 Å². The van der Waals surface area contributed by atoms with Gasteiger partial charge in [-0.05, 0) is 18.6 Å². The SMILES string of the molecule is NC1CC1NC(=O)c1ccc(C(F)(F)F)nc1. The monoisotopic (exact) mass is 245 g/mol. The third kappa shape index (κ3) is 2.73. The lowest BCUT2D eigenvalue weighted by Gasteiger charge is -2.07. The maximum absolute atomic E-state index is 12.2. The molecule has 1 saturated carbocycles. The van der Waals surface area contributed by atoms with Gasteiger partial charge in [-0.15, -0.1) is 0 Å². The molecule has 1 aromatic rings. The van der Waals surface area contributed by atoms with Gasteiger partial charge in [-0.3, -0.25) is 9.78 Å². The minimum atomic E-state index is -4.49. The van der Waals surface area contributed by atoms with Crippen LogP contribution in [0.1, 0.15) is 22.5 Å². The number of nitrogens with one attached hydrogen (secondary N) is 1. The largest absolute Gasteiger partial charge is 0.433 e. The lowest BCUT2D eigenvalue weighted by atomic mass is 10.2. The van der Waals surface area contributed by atoms with E-state index in [1.807, 2.05) is 0 Å². The fourth-order valence-electron chi connectivity index (χ4n) is 1.33. The molecule has 0 saturated heterocycles. The zero-order valence-corrected chi connectivity index (χ0v) is 8.66. The van der Waals surface area contributed by atoms with Gasteiger partial charge in [-0.2, -0.15) is 13.2 Å². The molecule has 1 aliphatic rings. The van der Waals surface area contributed by atoms with Gasteiger partial charge in [0.2, 0.25) is 0 Å². The van der Waals surface area contributed by atoms with Gasteiger partial charge >= 0.3 is 6.18 Å². The second-order valence-corrected chi connectivity index (χ2v) is 3.91. The van der Waals surface area contributed by atoms with Crippen molar-refractivity contribution in [3.63, 3.8) is 0 Å². The van der Waals surface area contributed by atoms with E-state index in [0.717, 1.165) is 18.3 Å². The normalized spacial score (nSPS) is 23.3. The van der Waals surface area contributed by atoms with Crippen LogP contribution >= 0.6 is 0 Å². The predicted octanol–water partition coefficient (Wildman–Crippen LogP) is 0.930. The van der Waals surface area contributed by atoms with Crippen molar-refractivity contribution in [1.82, 2.24) is 10.3 Å². The molecule has 4 nitrogen and oxygen atoms in total. The fraction of sp³-hybridized carbons (Fsp3) is 0.400. The van der Waals surface area contributed by atoms with Crippen molar-refractivity contribution in [1.29, 1.82) is 0 Å². The van der Waals surface area contributed by atoms with Gasteiger partial charge in [0.05, 0.1) is 5.56 Å². The molecule has 3 N–H and O–H groups in total. The molecule has 2 unspecified atom stereocenters. The van der Waals surface area contributed by atoms with E-state index in [1.165, 1.54) is 0 Å². The van der Waals surface area contributed by atoms with Crippen molar-refractivity contribution >= 4 is 5.91 Å². The zero-order valence-electron chi connectivity index (χ0n) is 8.66. The summed E-state index contributed by atoms with van der Waals surface area (Å²) in [4.78, 5) is 14.7. The third-order valence-corrected chi connectivity index (χ3v) is 2.47. The summed E-state index contributed by atoms with van der Waals surface area (Å²) in [5, 5.41) is 2.59. The molecule has 1 heterocycles. The number of halogens is 3. The first-order valence-electron chi connectivity index (χ1n) is 4.97. The van der Waals surface area contributed by atoms with Crippen LogP contribution < -0.4 is 11.1 Å². The number of nitrogens with zero attached hydrogens (tertiary/aromatic N) is 1. The molecule has 92 valence electrons. The van der Waals surface area contributed by atoms with E-state index in [9.17, 15) is 18.0 Å². The molecule has 1 aliphatic carbocycles. The maximum Gasteiger partial charge on any atom is 0.433 e. The molecule has 2 atom stereocenters. The standard InChI is InChI=1S/C10H10F3N3O/c11-10(12,13)8-2-1-5(4-15-8)9(17)16-7-3-6(7)14/h1-2,4,6-7H,3,14H2,(H,16,17). The minimum Gasteiger partial charge on any atom is -0.348 e. The number of amides is 1. The summed E-state index contributed by atoms with van der Waals surface area (Å²) < 4.78 is 36.6. The van der Waals surface area contributed by atoms with Crippen LogP contribution in [0, 0.1) is 0 Å². The Morgan fingerprint density at radius 1 is 1.47 bits per heavy atom. The lowest BCUT2D eigenvalue weighted by Crippen LogP contribution is -2.29. The van der Waals surface area contributed by atoms with Crippen molar-refractivity contribution in [3.8, 4) is 0 Å². The van der Waals surface area contributed by atoms with Crippen LogP contribution in [0.4, 0.5) is 13.2 Å². The van der Waals surface area contributed by atoms with E-state index < -0.39 is 17.8 Å². The van der Waals surface area contributed by atoms with Crippen LogP contribution in [0.2, 0.25) is 0 Å². The second kappa shape index (κ2) is 3.99. The molecule has 1 amide bonds. The highest BCUT2D eigenvalue weighted by Crippen LogP contribution is 2.27. The summed E-state index contributed by atoms with van der Waals surface area (Å²) in [7, 11) is 0. The van der Waals surface area contributed by atoms with Gasteiger partial charge < -0.3 is 11.1 Å². The van der Waals surface area contributed by atoms with Crippen molar-refractivity contribution < 1.29 is 18.0 Å². The highest BCUT2D eigenvalue weighted by molar-refractivity contribution is 5.94. The Labute approximate surface area is 95.0 Å². The molecule has 0 aliphatic heterocycles. The highest BCUT2D eigenvalue weighted by Gasteiger charge is 2.35. The Morgan fingerprint density at radius 3 is 2.53 bits per heavy atom. The summed E-state index contributed by atoms with van der Waals surface area (Å²) in [6.45, 7) is 0. The quantitative estimate of drug-likeness (QED) is 0.814. The van der Waals surface area contributed by atoms with Gasteiger partial charge in [-0.1, -0.05) is 0 Å². The number of carbonyl (C=O) groups is 1. The van der Waals surface area contributed by atoms with Crippen molar-refractivity contribution in [2.45, 2.75) is 24.7 Å². The van der Waals surface area contributed by atoms with E-state index in [0.29, 0.717) is 6.42 Å². The molecular weight excluding hydrogens is 235 g/mol. The number of hydrogen-bond acceptors (Lipinski definition) is 3. The first-order chi connectivity index (χ1) is 7.88. The van der Waals surface area contributed by atoms with Crippen molar-refractivity contribution in [3.05, 3.63) is 29.6 Å². The van der Waals surface area contributed by atoms with E-state index in [4.69, 9.17) is 5.73 Å². The average Bonchev–Trinajstić information content (AvgIpc) is 2.93. The molecule has 0 spiro atoms. The van der Waals surface area contributed by atoms with Crippen LogP contribution in [0.25, 0.3) is 0 Å². The first-order valence-corrected chi connectivity index (χ1v) is 4.97. The molecular formula is C10H10F3N3O. The van der Waals surface area contributed by atoms with E-state index >= 15 is 0 Å². The van der Waals surface area contributed by atoms with Crippen LogP contribution in [0.15, 0.2) is 18.3 Å². The molecule has 7 heteroatoms. The molecule has 17 heavy (non-hydrogen) atoms. The van der Waals surface area contributed by atoms with Gasteiger partial charge in [0.15, 0.2) is 0 Å². The van der Waals surface area contributed by atoms with Gasteiger partial charge in [0, 0.05) is 18.3 Å². The molecule has 2 rings (SSSR count). The lowest BCUT2D eigenvalue weighted by molar-refractivity contribution is -0.141. The molecule has 1 fully saturated rings. The summed E-state index contributed by atoms with van der Waals surface area (Å²) in [5.41, 5.74) is 4.57. The van der Waals surface area contributed by atoms with Gasteiger partial charge in [0.25, 0.3) is 5.91 Å². The molecule has 1 aromatic heterocycles. The van der Waals surface area contributed by atoms with Crippen molar-refractivity contribution in [2.75, 3.05) is 0 Å². The highest BCUT2D eigenvalue weighted by atomic mass is 19.4. The summed E-state index contributed by atoms with van der Waals surface area (Å²) in [6.07, 6.45) is -2.89. The van der Waals surface area contributed by atoms with Gasteiger partial charge in [0.1, 0.15) is 5.69 Å². The fourth-order valence-corrected chi connectivity index (χ4v) is 1.33. The number of hydrogen-bond donors (Lipinski definition) is 2. The third-order valence-electron chi connectivity index (χ3n) is 2.47. The number of nitrogens with two attached hydrogens (primary N) is 1. The summed E-state index contributed by atoms with van der Waals surface area (Å²) in [6, 6.07) is 1.74. The topological polar surface area (TPSA) is 68.0 Å². The van der Waals surface area contributed by atoms with Crippen LogP contribution in [0.5, 0.6) is 0 Å². The molecule has 0 radical (unpaired) electrons. The minimum absolute atomic E-state index is 0.0543. The van der Waals surface area contributed by atoms with E-state index in [2.05, 4.69) is 10.3 Å². The number of pyridine rings is 1. The first kappa shape index (κ1) is 11.8. The van der Waals surface area contributed by atoms with Crippen LogP contribution in [-0.2, 0) is 6.18 Å². The van der Waals surface area contributed by atoms with Crippen LogP contribution in [0.3, 0.4) is 0 Å². The predicted molar refractivity (Wildman–Crippen MR) is 53.1 cm³/mol. The number of rotatable bonds is 2. The molecule has 0 bridgehead atoms. The Morgan fingerprint density at radius 2 is 2.12 bits per heavy atom. The maximum atomic E-state index is 12.2. The molecule has 0 aromatic carbocycles. The summed E-state index contributed by atoms with van der Waals surface area (Å²) in [5.74, 6) is -0.454. The Hall–Kier alpha value is -1.63. The second-order valence-electron chi connectivity index (χ2n) is 3.91. The van der Waals surface area contributed by atoms with Crippen LogP contribution in [-0.4, -0.2) is 23.0 Å². The van der Waals surface area contributed by atoms with E-state index in [1.54, 1.807) is 0 Å². The van der Waals surface area contributed by atoms with Crippen molar-refractivity contribution in [2.24, 2.45) is 5.73 Å². The van der Waals surface area contributed by atoms with E-state index in [-0.39, 0.29) is 17.6 Å². The number of alkyl halides is 3. The Balaban J connectivity index is 2.04. The average molecular weight is 245 g/mol. The summed E-state index contributed by atoms with van der Waals surface area (Å²) >= 11 is 0.